The van der Waals surface area contributed by atoms with Crippen LogP contribution in [0.2, 0.25) is 0 Å². The zero-order valence-electron chi connectivity index (χ0n) is 9.89. The van der Waals surface area contributed by atoms with Gasteiger partial charge in [-0.3, -0.25) is 0 Å². The van der Waals surface area contributed by atoms with Crippen LogP contribution in [0.5, 0.6) is 0 Å². The Morgan fingerprint density at radius 2 is 2.00 bits per heavy atom. The average Bonchev–Trinajstić information content (AvgIpc) is 2.81. The molecule has 5 heterocycles. The Bertz CT molecular complexity index is 707. The van der Waals surface area contributed by atoms with Crippen molar-refractivity contribution in [2.75, 3.05) is 5.73 Å². The summed E-state index contributed by atoms with van der Waals surface area (Å²) in [6.45, 7) is 4.18. The van der Waals surface area contributed by atoms with Crippen molar-refractivity contribution in [2.45, 2.75) is 20.3 Å². The summed E-state index contributed by atoms with van der Waals surface area (Å²) in [5, 5.41) is 1.80. The van der Waals surface area contributed by atoms with Gasteiger partial charge in [0.1, 0.15) is 5.76 Å². The monoisotopic (exact) mass is 330 g/mol. The van der Waals surface area contributed by atoms with E-state index < -0.39 is 7.14 Å². The first-order chi connectivity index (χ1) is 8.03. The van der Waals surface area contributed by atoms with Gasteiger partial charge in [0.25, 0.3) is 6.01 Å². The van der Waals surface area contributed by atoms with Gasteiger partial charge in [0.05, 0.1) is 10.6 Å². The van der Waals surface area contributed by atoms with E-state index in [1.54, 1.807) is 0 Å². The fourth-order valence-electron chi connectivity index (χ4n) is 2.32. The number of oxazole rings is 1. The molecule has 3 aliphatic rings. The molecule has 2 aromatic rings. The summed E-state index contributed by atoms with van der Waals surface area (Å²) < 4.78 is 22.8. The Morgan fingerprint density at radius 1 is 1.33 bits per heavy atom. The van der Waals surface area contributed by atoms with Crippen molar-refractivity contribution in [1.82, 2.24) is 4.98 Å². The summed E-state index contributed by atoms with van der Waals surface area (Å²) >= 11 is 0. The van der Waals surface area contributed by atoms with Gasteiger partial charge in [-0.05, 0) is 5.92 Å². The molecule has 0 saturated heterocycles. The highest BCUT2D eigenvalue weighted by Gasteiger charge is 2.75. The van der Waals surface area contributed by atoms with Crippen molar-refractivity contribution >= 4 is 46.2 Å². The molecular formula is C11H12BrN2O3P. The minimum Gasteiger partial charge on any atom is -0.449 e. The molecule has 3 aliphatic heterocycles. The van der Waals surface area contributed by atoms with Crippen LogP contribution < -0.4 is 21.8 Å². The van der Waals surface area contributed by atoms with Gasteiger partial charge in [-0.25, -0.2) is 0 Å². The summed E-state index contributed by atoms with van der Waals surface area (Å²) in [5.74, 6) is 1.78. The molecule has 0 aromatic carbocycles. The Morgan fingerprint density at radius 3 is 2.50 bits per heavy atom. The molecule has 0 spiro atoms. The fourth-order valence-corrected chi connectivity index (χ4v) is 4.80. The van der Waals surface area contributed by atoms with Crippen molar-refractivity contribution in [3.63, 3.8) is 0 Å². The molecule has 1 unspecified atom stereocenters. The van der Waals surface area contributed by atoms with Crippen LogP contribution >= 0.6 is 24.1 Å². The van der Waals surface area contributed by atoms with E-state index in [9.17, 15) is 4.57 Å². The number of nitrogens with zero attached hydrogens (tertiary/aromatic N) is 1. The molecule has 96 valence electrons. The number of halogens is 1. The maximum atomic E-state index is 11.9. The number of nitrogen functional groups attached to an aromatic ring is 1. The van der Waals surface area contributed by atoms with Gasteiger partial charge in [0.15, 0.2) is 17.0 Å². The maximum absolute atomic E-state index is 11.9. The van der Waals surface area contributed by atoms with Gasteiger partial charge in [-0.1, -0.05) is 13.8 Å². The van der Waals surface area contributed by atoms with Crippen LogP contribution in [0.3, 0.4) is 0 Å². The zero-order chi connectivity index (χ0) is 11.9. The predicted octanol–water partition coefficient (Wildman–Crippen LogP) is 1.56. The third kappa shape index (κ3) is 1.22. The zero-order valence-corrected chi connectivity index (χ0v) is 12.5. The van der Waals surface area contributed by atoms with Crippen LogP contribution in [0, 0.1) is 5.92 Å². The second kappa shape index (κ2) is 3.31. The van der Waals surface area contributed by atoms with Gasteiger partial charge in [-0.15, -0.1) is 17.0 Å². The number of fused-ring (bicyclic) bond motifs is 1. The normalized spacial score (nSPS) is 21.7. The topological polar surface area (TPSA) is 82.3 Å². The highest BCUT2D eigenvalue weighted by molar-refractivity contribution is 8.93. The molecule has 7 heteroatoms. The molecular weight excluding hydrogens is 319 g/mol. The number of nitrogens with two attached hydrogens (primary N) is 1. The lowest BCUT2D eigenvalue weighted by molar-refractivity contribution is 0.482. The summed E-state index contributed by atoms with van der Waals surface area (Å²) in [4.78, 5) is 4.15. The van der Waals surface area contributed by atoms with Crippen molar-refractivity contribution in [2.24, 2.45) is 5.92 Å². The van der Waals surface area contributed by atoms with Crippen LogP contribution in [-0.4, -0.2) is 4.98 Å². The third-order valence-electron chi connectivity index (χ3n) is 3.18. The number of furan rings is 1. The molecule has 2 N–H and O–H groups in total. The van der Waals surface area contributed by atoms with Crippen LogP contribution in [0.4, 0.5) is 6.01 Å². The quantitative estimate of drug-likeness (QED) is 0.576. The standard InChI is InChI=1S/C11H11N2O3P.BrH/c1-4(2)3-5-6(13-11(12)15-5)7-8-9-10(16-7)17(8,9)14;/h4H,3H2,1-2H3,(H2,12,13);1H. The number of aromatic nitrogens is 1. The second-order valence-corrected chi connectivity index (χ2v) is 7.48. The van der Waals surface area contributed by atoms with E-state index in [2.05, 4.69) is 18.8 Å². The van der Waals surface area contributed by atoms with E-state index in [0.717, 1.165) is 22.8 Å². The molecule has 5 rings (SSSR count). The lowest BCUT2D eigenvalue weighted by atomic mass is 10.1. The number of hydrogen-bond donors (Lipinski definition) is 1. The minimum absolute atomic E-state index is 0. The lowest BCUT2D eigenvalue weighted by Gasteiger charge is -2.01. The first kappa shape index (κ1) is 12.1. The Kier molecular flexibility index (Phi) is 2.21. The molecule has 0 aliphatic carbocycles. The Labute approximate surface area is 114 Å². The van der Waals surface area contributed by atoms with Crippen LogP contribution in [0.25, 0.3) is 11.5 Å². The number of hydrogen-bond acceptors (Lipinski definition) is 5. The van der Waals surface area contributed by atoms with E-state index in [1.807, 2.05) is 0 Å². The highest BCUT2D eigenvalue weighted by Crippen LogP contribution is 2.70. The van der Waals surface area contributed by atoms with Gasteiger partial charge >= 0.3 is 0 Å². The van der Waals surface area contributed by atoms with E-state index in [4.69, 9.17) is 14.6 Å². The Hall–Kier alpha value is -1.00. The van der Waals surface area contributed by atoms with Crippen LogP contribution in [-0.2, 0) is 11.0 Å². The molecule has 0 saturated carbocycles. The van der Waals surface area contributed by atoms with Crippen LogP contribution in [0.1, 0.15) is 19.6 Å². The smallest absolute Gasteiger partial charge is 0.292 e. The van der Waals surface area contributed by atoms with Gasteiger partial charge < -0.3 is 19.1 Å². The summed E-state index contributed by atoms with van der Waals surface area (Å²) in [6.07, 6.45) is 0.745. The van der Waals surface area contributed by atoms with E-state index >= 15 is 0 Å². The highest BCUT2D eigenvalue weighted by atomic mass is 79.9. The van der Waals surface area contributed by atoms with Gasteiger partial charge in [0.2, 0.25) is 7.14 Å². The van der Waals surface area contributed by atoms with E-state index in [0.29, 0.717) is 22.9 Å². The van der Waals surface area contributed by atoms with E-state index in [1.165, 1.54) is 0 Å². The summed E-state index contributed by atoms with van der Waals surface area (Å²) in [6, 6.07) is 0.139. The fraction of sp³-hybridized carbons (Fsp3) is 0.364. The molecule has 0 radical (unpaired) electrons. The van der Waals surface area contributed by atoms with Crippen molar-refractivity contribution in [3.8, 4) is 11.5 Å². The van der Waals surface area contributed by atoms with Crippen molar-refractivity contribution in [1.29, 1.82) is 0 Å². The lowest BCUT2D eigenvalue weighted by Crippen LogP contribution is -1.99. The third-order valence-corrected chi connectivity index (χ3v) is 5.73. The molecule has 5 nitrogen and oxygen atoms in total. The molecule has 1 atom stereocenters. The Balaban J connectivity index is 0.000001000. The summed E-state index contributed by atoms with van der Waals surface area (Å²) in [7, 11) is -2.19. The molecule has 2 bridgehead atoms. The van der Waals surface area contributed by atoms with Crippen molar-refractivity contribution in [3.05, 3.63) is 5.76 Å². The van der Waals surface area contributed by atoms with Gasteiger partial charge in [-0.2, -0.15) is 4.98 Å². The first-order valence-corrected chi connectivity index (χ1v) is 7.28. The molecule has 2 aromatic heterocycles. The minimum atomic E-state index is -2.19. The second-order valence-electron chi connectivity index (χ2n) is 4.96. The number of rotatable bonds is 3. The van der Waals surface area contributed by atoms with Gasteiger partial charge in [0, 0.05) is 6.42 Å². The molecule has 0 fully saturated rings. The largest absolute Gasteiger partial charge is 0.449 e. The van der Waals surface area contributed by atoms with Crippen molar-refractivity contribution < 1.29 is 13.4 Å². The molecule has 18 heavy (non-hydrogen) atoms. The predicted molar refractivity (Wildman–Crippen MR) is 74.0 cm³/mol. The maximum Gasteiger partial charge on any atom is 0.292 e. The molecule has 0 amide bonds. The number of anilines is 1. The van der Waals surface area contributed by atoms with Crippen LogP contribution in [0.15, 0.2) is 8.83 Å². The first-order valence-electron chi connectivity index (χ1n) is 5.57. The average molecular weight is 331 g/mol. The summed E-state index contributed by atoms with van der Waals surface area (Å²) in [5.41, 5.74) is 6.90. The SMILES string of the molecule is Br.CC(C)Cc1oc(N)nc1-c1oc2c3c1P23=O. The van der Waals surface area contributed by atoms with E-state index in [-0.39, 0.29) is 23.0 Å².